The molecular weight excluding hydrogens is 416 g/mol. The molecule has 0 spiro atoms. The van der Waals surface area contributed by atoms with Crippen LogP contribution in [0.15, 0.2) is 32.9 Å². The van der Waals surface area contributed by atoms with E-state index in [9.17, 15) is 14.4 Å². The number of carbonyl (C=O) groups excluding carboxylic acids is 1. The van der Waals surface area contributed by atoms with Gasteiger partial charge in [0.05, 0.1) is 25.1 Å². The van der Waals surface area contributed by atoms with Crippen LogP contribution in [-0.2, 0) is 22.6 Å². The van der Waals surface area contributed by atoms with E-state index in [2.05, 4.69) is 0 Å². The Kier molecular flexibility index (Phi) is 9.00. The Bertz CT molecular complexity index is 1110. The van der Waals surface area contributed by atoms with E-state index in [1.54, 1.807) is 14.0 Å². The summed E-state index contributed by atoms with van der Waals surface area (Å²) in [7, 11) is 1.56. The van der Waals surface area contributed by atoms with E-state index >= 15 is 0 Å². The van der Waals surface area contributed by atoms with Gasteiger partial charge >= 0.3 is 11.7 Å². The van der Waals surface area contributed by atoms with Gasteiger partial charge in [0, 0.05) is 13.7 Å². The molecule has 0 radical (unpaired) electrons. The molecule has 2 aromatic heterocycles. The fourth-order valence-corrected chi connectivity index (χ4v) is 4.43. The normalized spacial score (nSPS) is 10.9. The molecule has 0 N–H and O–H groups in total. The zero-order chi connectivity index (χ0) is 23.1. The third kappa shape index (κ3) is 6.04. The molecule has 0 saturated carbocycles. The Hall–Kier alpha value is -2.45. The molecule has 0 atom stereocenters. The van der Waals surface area contributed by atoms with Crippen molar-refractivity contribution < 1.29 is 14.3 Å². The fraction of sp³-hybridized carbons (Fsp3) is 0.522. The number of esters is 1. The molecule has 170 valence electrons. The first-order chi connectivity index (χ1) is 14.7. The number of hydrogen-bond donors (Lipinski definition) is 0. The van der Waals surface area contributed by atoms with Crippen molar-refractivity contribution in [3.8, 4) is 0 Å². The van der Waals surface area contributed by atoms with Crippen molar-refractivity contribution in [1.29, 1.82) is 0 Å². The summed E-state index contributed by atoms with van der Waals surface area (Å²) in [5, 5.41) is 0.397. The second kappa shape index (κ2) is 11.2. The Labute approximate surface area is 186 Å². The quantitative estimate of drug-likeness (QED) is 0.311. The fourth-order valence-electron chi connectivity index (χ4n) is 3.21. The van der Waals surface area contributed by atoms with E-state index in [-0.39, 0.29) is 24.4 Å². The van der Waals surface area contributed by atoms with Crippen LogP contribution in [0.2, 0.25) is 0 Å². The van der Waals surface area contributed by atoms with Crippen molar-refractivity contribution >= 4 is 27.5 Å². The van der Waals surface area contributed by atoms with E-state index in [4.69, 9.17) is 9.47 Å². The maximum Gasteiger partial charge on any atom is 0.348 e. The number of hydrogen-bond acceptors (Lipinski definition) is 6. The third-order valence-electron chi connectivity index (χ3n) is 4.81. The number of rotatable bonds is 10. The molecule has 0 aliphatic carbocycles. The summed E-state index contributed by atoms with van der Waals surface area (Å²) in [5.41, 5.74) is 2.08. The molecule has 0 fully saturated rings. The van der Waals surface area contributed by atoms with Gasteiger partial charge in [0.25, 0.3) is 5.56 Å². The highest BCUT2D eigenvalue weighted by molar-refractivity contribution is 7.20. The van der Waals surface area contributed by atoms with Crippen molar-refractivity contribution in [2.45, 2.75) is 60.5 Å². The van der Waals surface area contributed by atoms with Gasteiger partial charge in [-0.05, 0) is 53.0 Å². The number of aryl methyl sites for hydroxylation is 1. The van der Waals surface area contributed by atoms with Gasteiger partial charge in [-0.2, -0.15) is 0 Å². The van der Waals surface area contributed by atoms with Crippen molar-refractivity contribution in [1.82, 2.24) is 9.13 Å². The van der Waals surface area contributed by atoms with Gasteiger partial charge in [-0.1, -0.05) is 23.3 Å². The van der Waals surface area contributed by atoms with Gasteiger partial charge in [-0.3, -0.25) is 13.9 Å². The molecule has 0 saturated heterocycles. The number of methoxy groups -OCH3 is 1. The van der Waals surface area contributed by atoms with Gasteiger partial charge in [0.2, 0.25) is 0 Å². The standard InChI is InChI=1S/C23H32N2O5S/c1-15(2)9-7-11-24-20(26)18-17(5)19(22(27)30-13-8-10-16(3)4)31-21(18)25(23(24)28)12-14-29-6/h9-10H,7-8,11-14H2,1-6H3. The highest BCUT2D eigenvalue weighted by Crippen LogP contribution is 2.28. The average Bonchev–Trinajstić information content (AvgIpc) is 3.04. The molecule has 2 heterocycles. The van der Waals surface area contributed by atoms with Crippen molar-refractivity contribution in [2.75, 3.05) is 20.3 Å². The van der Waals surface area contributed by atoms with E-state index in [1.165, 1.54) is 9.13 Å². The van der Waals surface area contributed by atoms with E-state index in [0.717, 1.165) is 22.5 Å². The Morgan fingerprint density at radius 1 is 0.968 bits per heavy atom. The predicted molar refractivity (Wildman–Crippen MR) is 125 cm³/mol. The second-order valence-electron chi connectivity index (χ2n) is 7.90. The second-order valence-corrected chi connectivity index (χ2v) is 8.90. The number of thiophene rings is 1. The number of fused-ring (bicyclic) bond motifs is 1. The lowest BCUT2D eigenvalue weighted by molar-refractivity contribution is 0.0516. The maximum atomic E-state index is 13.2. The first kappa shape index (κ1) is 24.8. The molecule has 0 amide bonds. The third-order valence-corrected chi connectivity index (χ3v) is 6.10. The highest BCUT2D eigenvalue weighted by Gasteiger charge is 2.23. The van der Waals surface area contributed by atoms with Crippen LogP contribution in [0.25, 0.3) is 10.2 Å². The summed E-state index contributed by atoms with van der Waals surface area (Å²) < 4.78 is 13.3. The molecule has 31 heavy (non-hydrogen) atoms. The summed E-state index contributed by atoms with van der Waals surface area (Å²) in [5.74, 6) is -0.470. The van der Waals surface area contributed by atoms with Crippen molar-refractivity contribution in [3.63, 3.8) is 0 Å². The number of aromatic nitrogens is 2. The minimum absolute atomic E-state index is 0.265. The first-order valence-corrected chi connectivity index (χ1v) is 11.2. The van der Waals surface area contributed by atoms with E-state index in [0.29, 0.717) is 46.7 Å². The van der Waals surface area contributed by atoms with Crippen LogP contribution in [-0.4, -0.2) is 35.4 Å². The van der Waals surface area contributed by atoms with Gasteiger partial charge in [-0.25, -0.2) is 9.59 Å². The van der Waals surface area contributed by atoms with Crippen LogP contribution in [0.3, 0.4) is 0 Å². The summed E-state index contributed by atoms with van der Waals surface area (Å²) in [6.45, 7) is 10.8. The largest absolute Gasteiger partial charge is 0.461 e. The predicted octanol–water partition coefficient (Wildman–Crippen LogP) is 4.05. The van der Waals surface area contributed by atoms with Gasteiger partial charge in [0.1, 0.15) is 9.71 Å². The van der Waals surface area contributed by atoms with Crippen LogP contribution in [0.5, 0.6) is 0 Å². The summed E-state index contributed by atoms with van der Waals surface area (Å²) >= 11 is 1.13. The Morgan fingerprint density at radius 2 is 1.61 bits per heavy atom. The zero-order valence-electron chi connectivity index (χ0n) is 19.2. The number of carbonyl (C=O) groups is 1. The lowest BCUT2D eigenvalue weighted by Gasteiger charge is -2.11. The van der Waals surface area contributed by atoms with E-state index < -0.39 is 5.97 Å². The minimum Gasteiger partial charge on any atom is -0.461 e. The van der Waals surface area contributed by atoms with Crippen molar-refractivity contribution in [2.24, 2.45) is 0 Å². The average molecular weight is 449 g/mol. The van der Waals surface area contributed by atoms with Gasteiger partial charge < -0.3 is 9.47 Å². The molecule has 0 aliphatic heterocycles. The lowest BCUT2D eigenvalue weighted by Crippen LogP contribution is -2.40. The van der Waals surface area contributed by atoms with Gasteiger partial charge in [-0.15, -0.1) is 11.3 Å². The molecule has 0 aromatic carbocycles. The van der Waals surface area contributed by atoms with Crippen LogP contribution < -0.4 is 11.2 Å². The van der Waals surface area contributed by atoms with E-state index in [1.807, 2.05) is 39.8 Å². The van der Waals surface area contributed by atoms with Crippen molar-refractivity contribution in [3.05, 3.63) is 54.6 Å². The molecule has 2 aromatic rings. The van der Waals surface area contributed by atoms with Gasteiger partial charge in [0.15, 0.2) is 0 Å². The smallest absolute Gasteiger partial charge is 0.348 e. The Morgan fingerprint density at radius 3 is 2.23 bits per heavy atom. The molecule has 2 rings (SSSR count). The lowest BCUT2D eigenvalue weighted by atomic mass is 10.2. The van der Waals surface area contributed by atoms with Crippen LogP contribution in [0.1, 0.15) is 55.8 Å². The molecule has 7 nitrogen and oxygen atoms in total. The zero-order valence-corrected chi connectivity index (χ0v) is 20.1. The van der Waals surface area contributed by atoms with Crippen LogP contribution >= 0.6 is 11.3 Å². The van der Waals surface area contributed by atoms with Crippen LogP contribution in [0.4, 0.5) is 0 Å². The molecule has 0 aliphatic rings. The Balaban J connectivity index is 2.53. The topological polar surface area (TPSA) is 79.5 Å². The number of allylic oxidation sites excluding steroid dienone is 3. The SMILES string of the molecule is COCCn1c(=O)n(CCC=C(C)C)c(=O)c2c(C)c(C(=O)OCCC=C(C)C)sc21. The minimum atomic E-state index is -0.470. The number of ether oxygens (including phenoxy) is 2. The number of nitrogens with zero attached hydrogens (tertiary/aromatic N) is 2. The summed E-state index contributed by atoms with van der Waals surface area (Å²) in [4.78, 5) is 39.8. The molecule has 8 heteroatoms. The summed E-state index contributed by atoms with van der Waals surface area (Å²) in [6, 6.07) is 0. The summed E-state index contributed by atoms with van der Waals surface area (Å²) in [6.07, 6.45) is 5.20. The molecule has 0 unspecified atom stereocenters. The first-order valence-electron chi connectivity index (χ1n) is 10.4. The van der Waals surface area contributed by atoms with Crippen LogP contribution in [0, 0.1) is 6.92 Å². The highest BCUT2D eigenvalue weighted by atomic mass is 32.1. The molecular formula is C23H32N2O5S. The molecule has 0 bridgehead atoms. The maximum absolute atomic E-state index is 13.2. The monoisotopic (exact) mass is 448 g/mol.